The van der Waals surface area contributed by atoms with E-state index in [1.54, 1.807) is 6.92 Å². The first-order chi connectivity index (χ1) is 8.04. The van der Waals surface area contributed by atoms with Crippen LogP contribution in [0.2, 0.25) is 0 Å². The second-order valence-electron chi connectivity index (χ2n) is 4.17. The number of amides is 1. The van der Waals surface area contributed by atoms with E-state index < -0.39 is 12.1 Å². The Morgan fingerprint density at radius 3 is 2.71 bits per heavy atom. The van der Waals surface area contributed by atoms with Gasteiger partial charge < -0.3 is 15.2 Å². The van der Waals surface area contributed by atoms with Crippen molar-refractivity contribution in [3.63, 3.8) is 0 Å². The van der Waals surface area contributed by atoms with Crippen LogP contribution in [0.5, 0.6) is 0 Å². The quantitative estimate of drug-likeness (QED) is 0.706. The summed E-state index contributed by atoms with van der Waals surface area (Å²) in [5, 5.41) is 11.5. The smallest absolute Gasteiger partial charge is 0.332 e. The molecule has 17 heavy (non-hydrogen) atoms. The SMILES string of the molecule is CCC=C(C)C(=O)NCC1CCC(C(=O)O)O1. The van der Waals surface area contributed by atoms with Crippen molar-refractivity contribution in [2.24, 2.45) is 0 Å². The number of rotatable bonds is 5. The number of ether oxygens (including phenoxy) is 1. The van der Waals surface area contributed by atoms with Gasteiger partial charge in [-0.15, -0.1) is 0 Å². The Labute approximate surface area is 101 Å². The normalized spacial score (nSPS) is 24.7. The molecule has 0 aromatic carbocycles. The first kappa shape index (κ1) is 13.7. The molecule has 5 nitrogen and oxygen atoms in total. The number of aliphatic carboxylic acids is 1. The predicted molar refractivity (Wildman–Crippen MR) is 62.6 cm³/mol. The molecule has 0 saturated carbocycles. The lowest BCUT2D eigenvalue weighted by Gasteiger charge is -2.12. The molecule has 0 aliphatic carbocycles. The largest absolute Gasteiger partial charge is 0.479 e. The van der Waals surface area contributed by atoms with Gasteiger partial charge in [-0.3, -0.25) is 4.79 Å². The monoisotopic (exact) mass is 241 g/mol. The lowest BCUT2D eigenvalue weighted by Crippen LogP contribution is -2.33. The molecule has 96 valence electrons. The van der Waals surface area contributed by atoms with Crippen LogP contribution < -0.4 is 5.32 Å². The van der Waals surface area contributed by atoms with Crippen LogP contribution in [0.1, 0.15) is 33.1 Å². The van der Waals surface area contributed by atoms with Crippen LogP contribution in [0.15, 0.2) is 11.6 Å². The standard InChI is InChI=1S/C12H19NO4/c1-3-4-8(2)11(14)13-7-9-5-6-10(17-9)12(15)16/h4,9-10H,3,5-7H2,1-2H3,(H,13,14)(H,15,16). The molecule has 2 unspecified atom stereocenters. The molecule has 0 aromatic rings. The summed E-state index contributed by atoms with van der Waals surface area (Å²) < 4.78 is 5.28. The van der Waals surface area contributed by atoms with Gasteiger partial charge >= 0.3 is 5.97 Å². The Morgan fingerprint density at radius 2 is 2.18 bits per heavy atom. The fourth-order valence-corrected chi connectivity index (χ4v) is 1.78. The van der Waals surface area contributed by atoms with E-state index in [9.17, 15) is 9.59 Å². The van der Waals surface area contributed by atoms with Crippen molar-refractivity contribution in [3.05, 3.63) is 11.6 Å². The Bertz CT molecular complexity index is 324. The van der Waals surface area contributed by atoms with Crippen molar-refractivity contribution in [2.75, 3.05) is 6.54 Å². The summed E-state index contributed by atoms with van der Waals surface area (Å²) in [4.78, 5) is 22.2. The van der Waals surface area contributed by atoms with E-state index in [1.165, 1.54) is 0 Å². The number of hydrogen-bond acceptors (Lipinski definition) is 3. The molecular formula is C12H19NO4. The maximum absolute atomic E-state index is 11.6. The zero-order valence-electron chi connectivity index (χ0n) is 10.2. The van der Waals surface area contributed by atoms with Gasteiger partial charge in [0.2, 0.25) is 5.91 Å². The molecule has 1 heterocycles. The molecule has 2 N–H and O–H groups in total. The predicted octanol–water partition coefficient (Wildman–Crippen LogP) is 1.09. The molecule has 2 atom stereocenters. The summed E-state index contributed by atoms with van der Waals surface area (Å²) in [6, 6.07) is 0. The summed E-state index contributed by atoms with van der Waals surface area (Å²) in [6.45, 7) is 4.10. The fraction of sp³-hybridized carbons (Fsp3) is 0.667. The number of carboxylic acid groups (broad SMARTS) is 1. The maximum Gasteiger partial charge on any atom is 0.332 e. The molecule has 0 radical (unpaired) electrons. The van der Waals surface area contributed by atoms with Crippen LogP contribution >= 0.6 is 0 Å². The molecule has 1 aliphatic heterocycles. The van der Waals surface area contributed by atoms with Gasteiger partial charge in [-0.25, -0.2) is 4.79 Å². The Balaban J connectivity index is 2.31. The topological polar surface area (TPSA) is 75.6 Å². The first-order valence-electron chi connectivity index (χ1n) is 5.87. The number of carboxylic acids is 1. The highest BCUT2D eigenvalue weighted by atomic mass is 16.5. The highest BCUT2D eigenvalue weighted by molar-refractivity contribution is 5.92. The summed E-state index contributed by atoms with van der Waals surface area (Å²) in [5.41, 5.74) is 0.681. The van der Waals surface area contributed by atoms with Crippen molar-refractivity contribution < 1.29 is 19.4 Å². The van der Waals surface area contributed by atoms with Crippen molar-refractivity contribution in [3.8, 4) is 0 Å². The zero-order chi connectivity index (χ0) is 12.8. The number of nitrogens with one attached hydrogen (secondary N) is 1. The minimum absolute atomic E-state index is 0.116. The fourth-order valence-electron chi connectivity index (χ4n) is 1.78. The van der Waals surface area contributed by atoms with Gasteiger partial charge in [0.05, 0.1) is 6.10 Å². The van der Waals surface area contributed by atoms with Crippen molar-refractivity contribution in [2.45, 2.75) is 45.3 Å². The maximum atomic E-state index is 11.6. The second kappa shape index (κ2) is 6.39. The zero-order valence-corrected chi connectivity index (χ0v) is 10.2. The van der Waals surface area contributed by atoms with Gasteiger partial charge in [-0.05, 0) is 26.2 Å². The molecule has 1 fully saturated rings. The van der Waals surface area contributed by atoms with Gasteiger partial charge in [0.15, 0.2) is 6.10 Å². The van der Waals surface area contributed by atoms with Gasteiger partial charge in [-0.1, -0.05) is 13.0 Å². The molecule has 0 spiro atoms. The van der Waals surface area contributed by atoms with Gasteiger partial charge in [0, 0.05) is 12.1 Å². The molecule has 0 bridgehead atoms. The van der Waals surface area contributed by atoms with Crippen LogP contribution in [0.4, 0.5) is 0 Å². The van der Waals surface area contributed by atoms with E-state index >= 15 is 0 Å². The van der Waals surface area contributed by atoms with E-state index in [-0.39, 0.29) is 12.0 Å². The van der Waals surface area contributed by atoms with E-state index in [0.717, 1.165) is 6.42 Å². The second-order valence-corrected chi connectivity index (χ2v) is 4.17. The summed E-state index contributed by atoms with van der Waals surface area (Å²) >= 11 is 0. The van der Waals surface area contributed by atoms with Crippen LogP contribution in [-0.4, -0.2) is 35.7 Å². The summed E-state index contributed by atoms with van der Waals surface area (Å²) in [5.74, 6) is -1.05. The molecule has 0 aromatic heterocycles. The third kappa shape index (κ3) is 4.19. The molecule has 5 heteroatoms. The average Bonchev–Trinajstić information content (AvgIpc) is 2.75. The summed E-state index contributed by atoms with van der Waals surface area (Å²) in [7, 11) is 0. The molecule has 1 aliphatic rings. The molecular weight excluding hydrogens is 222 g/mol. The minimum atomic E-state index is -0.930. The van der Waals surface area contributed by atoms with Crippen molar-refractivity contribution in [1.29, 1.82) is 0 Å². The lowest BCUT2D eigenvalue weighted by atomic mass is 10.2. The van der Waals surface area contributed by atoms with Crippen LogP contribution in [-0.2, 0) is 14.3 Å². The van der Waals surface area contributed by atoms with Gasteiger partial charge in [0.1, 0.15) is 0 Å². The summed E-state index contributed by atoms with van der Waals surface area (Å²) in [6.07, 6.45) is 2.96. The lowest BCUT2D eigenvalue weighted by molar-refractivity contribution is -0.149. The third-order valence-corrected chi connectivity index (χ3v) is 2.74. The van der Waals surface area contributed by atoms with Crippen molar-refractivity contribution in [1.82, 2.24) is 5.32 Å². The average molecular weight is 241 g/mol. The van der Waals surface area contributed by atoms with Crippen LogP contribution in [0.3, 0.4) is 0 Å². The van der Waals surface area contributed by atoms with E-state index in [4.69, 9.17) is 9.84 Å². The highest BCUT2D eigenvalue weighted by Gasteiger charge is 2.30. The van der Waals surface area contributed by atoms with Gasteiger partial charge in [0.25, 0.3) is 0 Å². The van der Waals surface area contributed by atoms with E-state index in [1.807, 2.05) is 13.0 Å². The third-order valence-electron chi connectivity index (χ3n) is 2.74. The molecule has 1 rings (SSSR count). The Kier molecular flexibility index (Phi) is 5.15. The number of hydrogen-bond donors (Lipinski definition) is 2. The van der Waals surface area contributed by atoms with Gasteiger partial charge in [-0.2, -0.15) is 0 Å². The molecule has 1 saturated heterocycles. The Hall–Kier alpha value is -1.36. The Morgan fingerprint density at radius 1 is 1.47 bits per heavy atom. The van der Waals surface area contributed by atoms with Crippen molar-refractivity contribution >= 4 is 11.9 Å². The van der Waals surface area contributed by atoms with Crippen LogP contribution in [0.25, 0.3) is 0 Å². The minimum Gasteiger partial charge on any atom is -0.479 e. The number of carbonyl (C=O) groups excluding carboxylic acids is 1. The first-order valence-corrected chi connectivity index (χ1v) is 5.87. The molecule has 1 amide bonds. The van der Waals surface area contributed by atoms with Crippen LogP contribution in [0, 0.1) is 0 Å². The van der Waals surface area contributed by atoms with E-state index in [2.05, 4.69) is 5.32 Å². The number of allylic oxidation sites excluding steroid dienone is 1. The number of carbonyl (C=O) groups is 2. The van der Waals surface area contributed by atoms with E-state index in [0.29, 0.717) is 25.0 Å². The highest BCUT2D eigenvalue weighted by Crippen LogP contribution is 2.19.